The van der Waals surface area contributed by atoms with E-state index in [1.807, 2.05) is 50.2 Å². The van der Waals surface area contributed by atoms with Crippen LogP contribution in [0.15, 0.2) is 54.2 Å². The summed E-state index contributed by atoms with van der Waals surface area (Å²) in [5, 5.41) is 3.15. The van der Waals surface area contributed by atoms with E-state index in [2.05, 4.69) is 5.32 Å². The van der Waals surface area contributed by atoms with Gasteiger partial charge in [0.2, 0.25) is 0 Å². The fourth-order valence-electron chi connectivity index (χ4n) is 3.17. The second kappa shape index (κ2) is 9.28. The molecule has 0 saturated carbocycles. The number of benzene rings is 2. The molecule has 6 heteroatoms. The van der Waals surface area contributed by atoms with Gasteiger partial charge >= 0.3 is 0 Å². The van der Waals surface area contributed by atoms with Crippen LogP contribution in [0.2, 0.25) is 0 Å². The number of anilines is 1. The van der Waals surface area contributed by atoms with Crippen molar-refractivity contribution in [2.45, 2.75) is 27.2 Å². The van der Waals surface area contributed by atoms with Crippen LogP contribution in [0.3, 0.4) is 0 Å². The maximum Gasteiger partial charge on any atom is 0.278 e. The van der Waals surface area contributed by atoms with E-state index in [4.69, 9.17) is 9.47 Å². The highest BCUT2D eigenvalue weighted by atomic mass is 16.5. The number of amides is 2. The molecule has 1 aliphatic heterocycles. The van der Waals surface area contributed by atoms with Gasteiger partial charge in [-0.3, -0.25) is 14.5 Å². The third-order valence-corrected chi connectivity index (χ3v) is 4.55. The molecule has 2 aromatic carbocycles. The van der Waals surface area contributed by atoms with E-state index in [1.165, 1.54) is 4.90 Å². The van der Waals surface area contributed by atoms with Gasteiger partial charge in [0, 0.05) is 6.54 Å². The topological polar surface area (TPSA) is 67.9 Å². The average molecular weight is 394 g/mol. The lowest BCUT2D eigenvalue weighted by Crippen LogP contribution is -2.32. The molecular formula is C23H26N2O4. The molecule has 1 heterocycles. The molecule has 2 amide bonds. The summed E-state index contributed by atoms with van der Waals surface area (Å²) in [5.74, 6) is 0.707. The molecule has 6 nitrogen and oxygen atoms in total. The van der Waals surface area contributed by atoms with Crippen LogP contribution >= 0.6 is 0 Å². The highest BCUT2D eigenvalue weighted by molar-refractivity contribution is 6.36. The Bertz CT molecular complexity index is 919. The molecule has 29 heavy (non-hydrogen) atoms. The number of para-hydroxylation sites is 2. The quantitative estimate of drug-likeness (QED) is 0.649. The Morgan fingerprint density at radius 2 is 1.62 bits per heavy atom. The number of carbonyl (C=O) groups excluding carboxylic acids is 2. The Morgan fingerprint density at radius 1 is 0.897 bits per heavy atom. The van der Waals surface area contributed by atoms with E-state index in [0.29, 0.717) is 42.3 Å². The number of nitrogens with zero attached hydrogens (tertiary/aromatic N) is 1. The smallest absolute Gasteiger partial charge is 0.278 e. The maximum absolute atomic E-state index is 13.0. The monoisotopic (exact) mass is 394 g/mol. The first kappa shape index (κ1) is 20.5. The van der Waals surface area contributed by atoms with Gasteiger partial charge in [-0.1, -0.05) is 31.2 Å². The van der Waals surface area contributed by atoms with Crippen molar-refractivity contribution >= 4 is 23.1 Å². The molecule has 152 valence electrons. The first-order valence-corrected chi connectivity index (χ1v) is 9.93. The van der Waals surface area contributed by atoms with Gasteiger partial charge in [-0.2, -0.15) is 0 Å². The Kier molecular flexibility index (Phi) is 6.54. The van der Waals surface area contributed by atoms with Crippen molar-refractivity contribution in [3.63, 3.8) is 0 Å². The summed E-state index contributed by atoms with van der Waals surface area (Å²) in [6.07, 6.45) is 0.915. The van der Waals surface area contributed by atoms with E-state index in [1.54, 1.807) is 19.1 Å². The van der Waals surface area contributed by atoms with Crippen LogP contribution in [-0.2, 0) is 9.59 Å². The summed E-state index contributed by atoms with van der Waals surface area (Å²) >= 11 is 0. The Hall–Kier alpha value is -3.28. The Morgan fingerprint density at radius 3 is 2.28 bits per heavy atom. The first-order valence-electron chi connectivity index (χ1n) is 9.93. The molecule has 2 aromatic rings. The number of hydrogen-bond acceptors (Lipinski definition) is 5. The molecule has 0 saturated heterocycles. The zero-order valence-electron chi connectivity index (χ0n) is 17.0. The van der Waals surface area contributed by atoms with E-state index in [0.717, 1.165) is 12.2 Å². The van der Waals surface area contributed by atoms with Crippen LogP contribution in [-0.4, -0.2) is 36.5 Å². The lowest BCUT2D eigenvalue weighted by atomic mass is 10.0. The van der Waals surface area contributed by atoms with Crippen LogP contribution in [0, 0.1) is 0 Å². The zero-order chi connectivity index (χ0) is 20.8. The lowest BCUT2D eigenvalue weighted by molar-refractivity contribution is -0.136. The van der Waals surface area contributed by atoms with Crippen LogP contribution in [0.5, 0.6) is 11.5 Å². The van der Waals surface area contributed by atoms with E-state index < -0.39 is 0 Å². The van der Waals surface area contributed by atoms with Crippen LogP contribution in [0.25, 0.3) is 5.57 Å². The molecule has 0 radical (unpaired) electrons. The van der Waals surface area contributed by atoms with Crippen LogP contribution in [0.4, 0.5) is 5.69 Å². The number of imide groups is 1. The van der Waals surface area contributed by atoms with Crippen molar-refractivity contribution in [2.75, 3.05) is 25.1 Å². The molecule has 0 atom stereocenters. The zero-order valence-corrected chi connectivity index (χ0v) is 17.0. The number of rotatable bonds is 9. The van der Waals surface area contributed by atoms with Gasteiger partial charge in [0.1, 0.15) is 17.2 Å². The number of ether oxygens (including phenoxy) is 2. The van der Waals surface area contributed by atoms with Crippen molar-refractivity contribution < 1.29 is 19.1 Å². The molecule has 1 N–H and O–H groups in total. The van der Waals surface area contributed by atoms with Gasteiger partial charge in [-0.15, -0.1) is 0 Å². The van der Waals surface area contributed by atoms with Gasteiger partial charge < -0.3 is 14.8 Å². The van der Waals surface area contributed by atoms with Crippen molar-refractivity contribution in [2.24, 2.45) is 0 Å². The Balaban J connectivity index is 2.00. The van der Waals surface area contributed by atoms with Crippen molar-refractivity contribution in [3.05, 3.63) is 59.8 Å². The lowest BCUT2D eigenvalue weighted by Gasteiger charge is -2.14. The molecule has 3 rings (SSSR count). The summed E-state index contributed by atoms with van der Waals surface area (Å²) in [6, 6.07) is 14.6. The molecule has 0 aliphatic carbocycles. The maximum atomic E-state index is 13.0. The summed E-state index contributed by atoms with van der Waals surface area (Å²) in [4.78, 5) is 27.1. The number of hydrogen-bond donors (Lipinski definition) is 1. The molecule has 0 bridgehead atoms. The SMILES string of the molecule is CCCOc1ccc(C2=C(Nc3ccccc3OCC)C(=O)N(CC)C2=O)cc1. The predicted molar refractivity (Wildman–Crippen MR) is 113 cm³/mol. The number of carbonyl (C=O) groups is 2. The van der Waals surface area contributed by atoms with Gasteiger partial charge in [0.05, 0.1) is 24.5 Å². The summed E-state index contributed by atoms with van der Waals surface area (Å²) < 4.78 is 11.3. The number of nitrogens with one attached hydrogen (secondary N) is 1. The van der Waals surface area contributed by atoms with Gasteiger partial charge in [-0.25, -0.2) is 0 Å². The van der Waals surface area contributed by atoms with E-state index in [9.17, 15) is 9.59 Å². The van der Waals surface area contributed by atoms with Gasteiger partial charge in [0.15, 0.2) is 0 Å². The Labute approximate surface area is 171 Å². The van der Waals surface area contributed by atoms with Crippen molar-refractivity contribution in [3.8, 4) is 11.5 Å². The molecular weight excluding hydrogens is 368 g/mol. The second-order valence-corrected chi connectivity index (χ2v) is 6.53. The molecule has 0 fully saturated rings. The fraction of sp³-hybridized carbons (Fsp3) is 0.304. The van der Waals surface area contributed by atoms with Crippen molar-refractivity contribution in [1.29, 1.82) is 0 Å². The van der Waals surface area contributed by atoms with Crippen LogP contribution in [0.1, 0.15) is 32.8 Å². The highest BCUT2D eigenvalue weighted by Crippen LogP contribution is 2.33. The third kappa shape index (κ3) is 4.26. The minimum atomic E-state index is -0.342. The fourth-order valence-corrected chi connectivity index (χ4v) is 3.17. The summed E-state index contributed by atoms with van der Waals surface area (Å²) in [7, 11) is 0. The summed E-state index contributed by atoms with van der Waals surface area (Å²) in [6.45, 7) is 7.15. The standard InChI is InChI=1S/C23H26N2O4/c1-4-15-29-17-13-11-16(12-14-17)20-21(23(27)25(5-2)22(20)26)24-18-9-7-8-10-19(18)28-6-3/h7-14,24H,4-6,15H2,1-3H3. The normalized spacial score (nSPS) is 13.8. The first-order chi connectivity index (χ1) is 14.1. The summed E-state index contributed by atoms with van der Waals surface area (Å²) in [5.41, 5.74) is 1.92. The minimum absolute atomic E-state index is 0.256. The molecule has 1 aliphatic rings. The third-order valence-electron chi connectivity index (χ3n) is 4.55. The second-order valence-electron chi connectivity index (χ2n) is 6.53. The van der Waals surface area contributed by atoms with Gasteiger partial charge in [-0.05, 0) is 50.1 Å². The molecule has 0 unspecified atom stereocenters. The van der Waals surface area contributed by atoms with E-state index >= 15 is 0 Å². The van der Waals surface area contributed by atoms with Gasteiger partial charge in [0.25, 0.3) is 11.8 Å². The minimum Gasteiger partial charge on any atom is -0.494 e. The largest absolute Gasteiger partial charge is 0.494 e. The average Bonchev–Trinajstić information content (AvgIpc) is 2.97. The highest BCUT2D eigenvalue weighted by Gasteiger charge is 2.38. The molecule has 0 spiro atoms. The van der Waals surface area contributed by atoms with E-state index in [-0.39, 0.29) is 17.5 Å². The molecule has 0 aromatic heterocycles. The van der Waals surface area contributed by atoms with Crippen LogP contribution < -0.4 is 14.8 Å². The van der Waals surface area contributed by atoms with Crippen molar-refractivity contribution in [1.82, 2.24) is 4.90 Å². The predicted octanol–water partition coefficient (Wildman–Crippen LogP) is 4.09. The number of likely N-dealkylation sites (N-methyl/N-ethyl adjacent to an activating group) is 1.